The Morgan fingerprint density at radius 2 is 2.21 bits per heavy atom. The standard InChI is InChI=1S/C12H16BrFN2O2S/c1-12(7-15)4-5-16(8-12)19(17,18)9-2-3-10(13)11(14)6-9/h2-3,6H,4-5,7-8,15H2,1H3. The quantitative estimate of drug-likeness (QED) is 0.905. The molecule has 106 valence electrons. The van der Waals surface area contributed by atoms with Gasteiger partial charge in [-0.1, -0.05) is 6.92 Å². The van der Waals surface area contributed by atoms with Crippen LogP contribution in [0.5, 0.6) is 0 Å². The molecule has 1 unspecified atom stereocenters. The highest BCUT2D eigenvalue weighted by Gasteiger charge is 2.39. The minimum Gasteiger partial charge on any atom is -0.330 e. The summed E-state index contributed by atoms with van der Waals surface area (Å²) in [5, 5.41) is 0. The zero-order valence-electron chi connectivity index (χ0n) is 10.6. The van der Waals surface area contributed by atoms with Gasteiger partial charge < -0.3 is 5.73 Å². The van der Waals surface area contributed by atoms with Gasteiger partial charge in [0.1, 0.15) is 5.82 Å². The van der Waals surface area contributed by atoms with Crippen molar-refractivity contribution < 1.29 is 12.8 Å². The second kappa shape index (κ2) is 5.12. The maximum atomic E-state index is 13.5. The van der Waals surface area contributed by atoms with Crippen LogP contribution >= 0.6 is 15.9 Å². The summed E-state index contributed by atoms with van der Waals surface area (Å²) in [4.78, 5) is -0.0190. The summed E-state index contributed by atoms with van der Waals surface area (Å²) in [6.07, 6.45) is 0.724. The van der Waals surface area contributed by atoms with Crippen LogP contribution in [-0.4, -0.2) is 32.4 Å². The van der Waals surface area contributed by atoms with Gasteiger partial charge in [-0.15, -0.1) is 0 Å². The molecule has 0 bridgehead atoms. The van der Waals surface area contributed by atoms with E-state index in [1.165, 1.54) is 16.4 Å². The van der Waals surface area contributed by atoms with Crippen LogP contribution in [0, 0.1) is 11.2 Å². The van der Waals surface area contributed by atoms with Crippen LogP contribution in [0.2, 0.25) is 0 Å². The number of rotatable bonds is 3. The molecule has 0 radical (unpaired) electrons. The Balaban J connectivity index is 2.31. The topological polar surface area (TPSA) is 63.4 Å². The van der Waals surface area contributed by atoms with Gasteiger partial charge in [-0.3, -0.25) is 0 Å². The van der Waals surface area contributed by atoms with E-state index in [1.807, 2.05) is 6.92 Å². The number of nitrogens with two attached hydrogens (primary N) is 1. The molecule has 1 aliphatic rings. The van der Waals surface area contributed by atoms with E-state index in [4.69, 9.17) is 5.73 Å². The first-order valence-corrected chi connectivity index (χ1v) is 8.17. The SMILES string of the molecule is CC1(CN)CCN(S(=O)(=O)c2ccc(Br)c(F)c2)C1. The van der Waals surface area contributed by atoms with E-state index in [1.54, 1.807) is 0 Å². The van der Waals surface area contributed by atoms with Crippen molar-refractivity contribution in [1.29, 1.82) is 0 Å². The fourth-order valence-electron chi connectivity index (χ4n) is 2.14. The van der Waals surface area contributed by atoms with Gasteiger partial charge in [-0.2, -0.15) is 4.31 Å². The molecule has 0 aliphatic carbocycles. The second-order valence-corrected chi connectivity index (χ2v) is 7.97. The zero-order valence-corrected chi connectivity index (χ0v) is 13.0. The number of benzene rings is 1. The van der Waals surface area contributed by atoms with Gasteiger partial charge in [0.2, 0.25) is 10.0 Å². The minimum atomic E-state index is -3.64. The molecule has 1 aliphatic heterocycles. The number of nitrogens with zero attached hydrogens (tertiary/aromatic N) is 1. The average Bonchev–Trinajstić information content (AvgIpc) is 2.77. The summed E-state index contributed by atoms with van der Waals surface area (Å²) >= 11 is 3.01. The zero-order chi connectivity index (χ0) is 14.3. The summed E-state index contributed by atoms with van der Waals surface area (Å²) in [7, 11) is -3.64. The largest absolute Gasteiger partial charge is 0.330 e. The van der Waals surface area contributed by atoms with Crippen LogP contribution in [-0.2, 0) is 10.0 Å². The molecule has 0 aromatic heterocycles. The molecule has 1 atom stereocenters. The molecule has 1 saturated heterocycles. The number of sulfonamides is 1. The first kappa shape index (κ1) is 14.9. The highest BCUT2D eigenvalue weighted by Crippen LogP contribution is 2.33. The van der Waals surface area contributed by atoms with Gasteiger partial charge in [-0.05, 0) is 52.5 Å². The lowest BCUT2D eigenvalue weighted by atomic mass is 9.90. The van der Waals surface area contributed by atoms with Crippen LogP contribution < -0.4 is 5.73 Å². The minimum absolute atomic E-state index is 0.0190. The summed E-state index contributed by atoms with van der Waals surface area (Å²) in [5.74, 6) is -0.582. The summed E-state index contributed by atoms with van der Waals surface area (Å²) < 4.78 is 39.9. The molecule has 2 N–H and O–H groups in total. The van der Waals surface area contributed by atoms with Crippen LogP contribution in [0.25, 0.3) is 0 Å². The van der Waals surface area contributed by atoms with Crippen molar-refractivity contribution in [2.24, 2.45) is 11.1 Å². The maximum absolute atomic E-state index is 13.5. The first-order chi connectivity index (χ1) is 8.78. The smallest absolute Gasteiger partial charge is 0.243 e. The molecule has 0 saturated carbocycles. The van der Waals surface area contributed by atoms with Crippen LogP contribution in [0.3, 0.4) is 0 Å². The van der Waals surface area contributed by atoms with Crippen molar-refractivity contribution >= 4 is 26.0 Å². The molecule has 4 nitrogen and oxygen atoms in total. The predicted molar refractivity (Wildman–Crippen MR) is 74.6 cm³/mol. The highest BCUT2D eigenvalue weighted by atomic mass is 79.9. The molecule has 1 fully saturated rings. The molecule has 1 aromatic rings. The molecule has 1 aromatic carbocycles. The van der Waals surface area contributed by atoms with Crippen LogP contribution in [0.4, 0.5) is 4.39 Å². The van der Waals surface area contributed by atoms with E-state index in [0.717, 1.165) is 12.5 Å². The number of halogens is 2. The number of hydrogen-bond acceptors (Lipinski definition) is 3. The lowest BCUT2D eigenvalue weighted by Gasteiger charge is -2.22. The van der Waals surface area contributed by atoms with Gasteiger partial charge in [-0.25, -0.2) is 12.8 Å². The van der Waals surface area contributed by atoms with Gasteiger partial charge in [0.05, 0.1) is 9.37 Å². The third-order valence-corrected chi connectivity index (χ3v) is 6.03. The third kappa shape index (κ3) is 2.84. The van der Waals surface area contributed by atoms with Crippen LogP contribution in [0.15, 0.2) is 27.6 Å². The van der Waals surface area contributed by atoms with E-state index in [9.17, 15) is 12.8 Å². The van der Waals surface area contributed by atoms with Crippen molar-refractivity contribution in [2.75, 3.05) is 19.6 Å². The van der Waals surface area contributed by atoms with Gasteiger partial charge >= 0.3 is 0 Å². The normalized spacial score (nSPS) is 24.8. The summed E-state index contributed by atoms with van der Waals surface area (Å²) in [6, 6.07) is 3.85. The van der Waals surface area contributed by atoms with Gasteiger partial charge in [0.15, 0.2) is 0 Å². The molecule has 0 amide bonds. The molecule has 19 heavy (non-hydrogen) atoms. The van der Waals surface area contributed by atoms with E-state index in [2.05, 4.69) is 15.9 Å². The third-order valence-electron chi connectivity index (χ3n) is 3.54. The lowest BCUT2D eigenvalue weighted by molar-refractivity contribution is 0.349. The second-order valence-electron chi connectivity index (χ2n) is 5.18. The van der Waals surface area contributed by atoms with Crippen molar-refractivity contribution in [1.82, 2.24) is 4.31 Å². The van der Waals surface area contributed by atoms with Gasteiger partial charge in [0, 0.05) is 13.1 Å². The molecule has 1 heterocycles. The first-order valence-electron chi connectivity index (χ1n) is 5.94. The van der Waals surface area contributed by atoms with E-state index < -0.39 is 15.8 Å². The Kier molecular flexibility index (Phi) is 4.02. The average molecular weight is 351 g/mol. The van der Waals surface area contributed by atoms with Crippen molar-refractivity contribution in [2.45, 2.75) is 18.2 Å². The fraction of sp³-hybridized carbons (Fsp3) is 0.500. The number of hydrogen-bond donors (Lipinski definition) is 1. The van der Waals surface area contributed by atoms with Crippen LogP contribution in [0.1, 0.15) is 13.3 Å². The molecule has 0 spiro atoms. The monoisotopic (exact) mass is 350 g/mol. The Morgan fingerprint density at radius 3 is 2.74 bits per heavy atom. The predicted octanol–water partition coefficient (Wildman–Crippen LogP) is 1.95. The molecular weight excluding hydrogens is 335 g/mol. The Hall–Kier alpha value is -0.500. The maximum Gasteiger partial charge on any atom is 0.243 e. The lowest BCUT2D eigenvalue weighted by Crippen LogP contribution is -2.34. The van der Waals surface area contributed by atoms with Gasteiger partial charge in [0.25, 0.3) is 0 Å². The Labute approximate surface area is 121 Å². The van der Waals surface area contributed by atoms with E-state index in [-0.39, 0.29) is 14.8 Å². The Bertz CT molecular complexity index is 593. The summed E-state index contributed by atoms with van der Waals surface area (Å²) in [6.45, 7) is 3.20. The highest BCUT2D eigenvalue weighted by molar-refractivity contribution is 9.10. The Morgan fingerprint density at radius 1 is 1.53 bits per heavy atom. The molecule has 7 heteroatoms. The molecular formula is C12H16BrFN2O2S. The van der Waals surface area contributed by atoms with Crippen molar-refractivity contribution in [3.8, 4) is 0 Å². The fourth-order valence-corrected chi connectivity index (χ4v) is 3.99. The van der Waals surface area contributed by atoms with E-state index >= 15 is 0 Å². The summed E-state index contributed by atoms with van der Waals surface area (Å²) in [5.41, 5.74) is 5.48. The van der Waals surface area contributed by atoms with Crippen molar-refractivity contribution in [3.05, 3.63) is 28.5 Å². The molecule has 2 rings (SSSR count). The van der Waals surface area contributed by atoms with E-state index in [0.29, 0.717) is 19.6 Å². The van der Waals surface area contributed by atoms with Crippen molar-refractivity contribution in [3.63, 3.8) is 0 Å².